The number of fused-ring (bicyclic) bond motifs is 1. The Balaban J connectivity index is 1.58. The molecule has 1 unspecified atom stereocenters. The number of carbonyl (C=O) groups is 1. The third-order valence-corrected chi connectivity index (χ3v) is 6.36. The Morgan fingerprint density at radius 2 is 1.69 bits per heavy atom. The Labute approximate surface area is 203 Å². The number of amides is 1. The van der Waals surface area contributed by atoms with Crippen LogP contribution in [0.5, 0.6) is 0 Å². The van der Waals surface area contributed by atoms with Gasteiger partial charge in [-0.1, -0.05) is 48.5 Å². The molecule has 0 spiro atoms. The van der Waals surface area contributed by atoms with Crippen molar-refractivity contribution >= 4 is 16.8 Å². The number of para-hydroxylation sites is 1. The molecule has 0 saturated carbocycles. The molecule has 2 aromatic carbocycles. The standard InChI is InChI=1S/C27H27N7O/c28-25(26(29)35)22(15-20-16-31-23-9-5-4-8-21(20)23)27-33-32-24(14-18-6-2-1-3-7-18)34(27)17-19-10-12-30-13-11-19/h1-13,16,22,25,31H,14-15,17,28H2,(H2,29,35)/t22-,25?/m1/s1. The summed E-state index contributed by atoms with van der Waals surface area (Å²) in [6.45, 7) is 0.531. The molecule has 0 saturated heterocycles. The Hall–Kier alpha value is -4.30. The molecule has 5 N–H and O–H groups in total. The summed E-state index contributed by atoms with van der Waals surface area (Å²) in [4.78, 5) is 19.7. The Morgan fingerprint density at radius 3 is 2.46 bits per heavy atom. The number of pyridine rings is 1. The monoisotopic (exact) mass is 465 g/mol. The summed E-state index contributed by atoms with van der Waals surface area (Å²) in [7, 11) is 0. The van der Waals surface area contributed by atoms with Gasteiger partial charge in [0.05, 0.1) is 12.6 Å². The molecule has 3 heterocycles. The summed E-state index contributed by atoms with van der Waals surface area (Å²) in [5.41, 5.74) is 16.4. The van der Waals surface area contributed by atoms with Crippen molar-refractivity contribution in [2.75, 3.05) is 0 Å². The molecule has 0 fully saturated rings. The maximum absolute atomic E-state index is 12.3. The zero-order valence-corrected chi connectivity index (χ0v) is 19.2. The zero-order chi connectivity index (χ0) is 24.2. The molecule has 1 amide bonds. The van der Waals surface area contributed by atoms with Crippen molar-refractivity contribution < 1.29 is 4.79 Å². The highest BCUT2D eigenvalue weighted by Gasteiger charge is 2.31. The highest BCUT2D eigenvalue weighted by molar-refractivity contribution is 5.84. The number of aromatic nitrogens is 5. The lowest BCUT2D eigenvalue weighted by Gasteiger charge is -2.22. The van der Waals surface area contributed by atoms with Crippen LogP contribution in [0.2, 0.25) is 0 Å². The van der Waals surface area contributed by atoms with Crippen molar-refractivity contribution in [3.05, 3.63) is 114 Å². The molecule has 8 nitrogen and oxygen atoms in total. The van der Waals surface area contributed by atoms with Gasteiger partial charge in [0, 0.05) is 41.8 Å². The number of hydrogen-bond acceptors (Lipinski definition) is 5. The molecule has 2 atom stereocenters. The second kappa shape index (κ2) is 9.90. The number of carbonyl (C=O) groups excluding carboxylic acids is 1. The molecule has 176 valence electrons. The van der Waals surface area contributed by atoms with E-state index in [1.54, 1.807) is 12.4 Å². The van der Waals surface area contributed by atoms with E-state index in [1.165, 1.54) is 0 Å². The number of benzene rings is 2. The first-order valence-electron chi connectivity index (χ1n) is 11.5. The molecule has 5 aromatic rings. The second-order valence-corrected chi connectivity index (χ2v) is 8.68. The largest absolute Gasteiger partial charge is 0.368 e. The van der Waals surface area contributed by atoms with Crippen LogP contribution in [0.4, 0.5) is 0 Å². The van der Waals surface area contributed by atoms with Gasteiger partial charge in [-0.2, -0.15) is 0 Å². The van der Waals surface area contributed by atoms with Crippen molar-refractivity contribution in [3.8, 4) is 0 Å². The van der Waals surface area contributed by atoms with Crippen molar-refractivity contribution in [1.29, 1.82) is 0 Å². The first-order valence-corrected chi connectivity index (χ1v) is 11.5. The van der Waals surface area contributed by atoms with Gasteiger partial charge in [-0.25, -0.2) is 0 Å². The average Bonchev–Trinajstić information content (AvgIpc) is 3.47. The molecule has 5 rings (SSSR count). The SMILES string of the molecule is NC(=O)C(N)[C@@H](Cc1c[nH]c2ccccc12)c1nnc(Cc2ccccc2)n1Cc1ccncc1. The predicted molar refractivity (Wildman–Crippen MR) is 135 cm³/mol. The highest BCUT2D eigenvalue weighted by atomic mass is 16.1. The van der Waals surface area contributed by atoms with Crippen LogP contribution in [0.1, 0.15) is 34.3 Å². The summed E-state index contributed by atoms with van der Waals surface area (Å²) in [6.07, 6.45) is 6.57. The Morgan fingerprint density at radius 1 is 0.943 bits per heavy atom. The predicted octanol–water partition coefficient (Wildman–Crippen LogP) is 2.93. The topological polar surface area (TPSA) is 128 Å². The van der Waals surface area contributed by atoms with E-state index >= 15 is 0 Å². The molecular weight excluding hydrogens is 438 g/mol. The zero-order valence-electron chi connectivity index (χ0n) is 19.2. The number of nitrogens with two attached hydrogens (primary N) is 2. The number of hydrogen-bond donors (Lipinski definition) is 3. The lowest BCUT2D eigenvalue weighted by Crippen LogP contribution is -2.43. The van der Waals surface area contributed by atoms with Crippen molar-refractivity contribution in [3.63, 3.8) is 0 Å². The van der Waals surface area contributed by atoms with Gasteiger partial charge < -0.3 is 21.0 Å². The number of nitrogens with zero attached hydrogens (tertiary/aromatic N) is 4. The van der Waals surface area contributed by atoms with Crippen LogP contribution in [0.3, 0.4) is 0 Å². The molecule has 0 aliphatic carbocycles. The van der Waals surface area contributed by atoms with E-state index in [0.717, 1.165) is 33.4 Å². The van der Waals surface area contributed by atoms with Gasteiger partial charge in [-0.15, -0.1) is 10.2 Å². The summed E-state index contributed by atoms with van der Waals surface area (Å²) < 4.78 is 2.06. The van der Waals surface area contributed by atoms with Crippen LogP contribution >= 0.6 is 0 Å². The maximum Gasteiger partial charge on any atom is 0.235 e. The van der Waals surface area contributed by atoms with Gasteiger partial charge in [-0.3, -0.25) is 9.78 Å². The number of rotatable bonds is 9. The van der Waals surface area contributed by atoms with Crippen molar-refractivity contribution in [1.82, 2.24) is 24.7 Å². The van der Waals surface area contributed by atoms with Gasteiger partial charge >= 0.3 is 0 Å². The molecule has 0 aliphatic heterocycles. The minimum atomic E-state index is -0.923. The number of H-pyrrole nitrogens is 1. The van der Waals surface area contributed by atoms with E-state index in [9.17, 15) is 4.79 Å². The minimum absolute atomic E-state index is 0.453. The van der Waals surface area contributed by atoms with E-state index < -0.39 is 17.9 Å². The number of aromatic amines is 1. The second-order valence-electron chi connectivity index (χ2n) is 8.68. The van der Waals surface area contributed by atoms with Crippen LogP contribution in [-0.4, -0.2) is 36.7 Å². The average molecular weight is 466 g/mol. The minimum Gasteiger partial charge on any atom is -0.368 e. The van der Waals surface area contributed by atoms with E-state index in [4.69, 9.17) is 11.5 Å². The fourth-order valence-corrected chi connectivity index (χ4v) is 4.49. The van der Waals surface area contributed by atoms with Gasteiger partial charge in [0.25, 0.3) is 0 Å². The molecule has 0 bridgehead atoms. The van der Waals surface area contributed by atoms with E-state index in [2.05, 4.69) is 42.9 Å². The number of primary amides is 1. The smallest absolute Gasteiger partial charge is 0.235 e. The normalized spacial score (nSPS) is 13.1. The van der Waals surface area contributed by atoms with Crippen LogP contribution in [-0.2, 0) is 24.2 Å². The molecular formula is C27H27N7O. The van der Waals surface area contributed by atoms with E-state index in [-0.39, 0.29) is 0 Å². The highest BCUT2D eigenvalue weighted by Crippen LogP contribution is 2.28. The fourth-order valence-electron chi connectivity index (χ4n) is 4.49. The van der Waals surface area contributed by atoms with Gasteiger partial charge in [0.2, 0.25) is 5.91 Å². The Bertz CT molecular complexity index is 1430. The molecule has 8 heteroatoms. The lowest BCUT2D eigenvalue weighted by atomic mass is 9.91. The van der Waals surface area contributed by atoms with Gasteiger partial charge in [-0.05, 0) is 41.3 Å². The van der Waals surface area contributed by atoms with Crippen LogP contribution < -0.4 is 11.5 Å². The van der Waals surface area contributed by atoms with E-state index in [0.29, 0.717) is 25.2 Å². The molecule has 0 aliphatic rings. The molecule has 3 aromatic heterocycles. The van der Waals surface area contributed by atoms with Crippen molar-refractivity contribution in [2.45, 2.75) is 31.3 Å². The molecule has 0 radical (unpaired) electrons. The summed E-state index contributed by atoms with van der Waals surface area (Å²) in [5.74, 6) is 0.413. The lowest BCUT2D eigenvalue weighted by molar-refractivity contribution is -0.119. The van der Waals surface area contributed by atoms with Crippen molar-refractivity contribution in [2.24, 2.45) is 11.5 Å². The van der Waals surface area contributed by atoms with Gasteiger partial charge in [0.15, 0.2) is 0 Å². The first kappa shape index (κ1) is 22.5. The third kappa shape index (κ3) is 4.83. The van der Waals surface area contributed by atoms with E-state index in [1.807, 2.05) is 54.7 Å². The summed E-state index contributed by atoms with van der Waals surface area (Å²) >= 11 is 0. The fraction of sp³-hybridized carbons (Fsp3) is 0.185. The Kier molecular flexibility index (Phi) is 6.36. The third-order valence-electron chi connectivity index (χ3n) is 6.36. The van der Waals surface area contributed by atoms with Crippen LogP contribution in [0, 0.1) is 0 Å². The number of nitrogens with one attached hydrogen (secondary N) is 1. The summed E-state index contributed by atoms with van der Waals surface area (Å²) in [6, 6.07) is 21.1. The van der Waals surface area contributed by atoms with Gasteiger partial charge in [0.1, 0.15) is 11.6 Å². The maximum atomic E-state index is 12.3. The first-order chi connectivity index (χ1) is 17.1. The quantitative estimate of drug-likeness (QED) is 0.308. The van der Waals surface area contributed by atoms with Crippen LogP contribution in [0.25, 0.3) is 10.9 Å². The molecule has 35 heavy (non-hydrogen) atoms. The van der Waals surface area contributed by atoms with Crippen LogP contribution in [0.15, 0.2) is 85.3 Å². The summed E-state index contributed by atoms with van der Waals surface area (Å²) in [5, 5.41) is 10.2.